The minimum absolute atomic E-state index is 0.305. The van der Waals surface area contributed by atoms with E-state index in [0.29, 0.717) is 13.2 Å². The molecule has 2 aromatic rings. The summed E-state index contributed by atoms with van der Waals surface area (Å²) >= 11 is 0. The van der Waals surface area contributed by atoms with E-state index in [9.17, 15) is 5.11 Å². The molecule has 1 atom stereocenters. The van der Waals surface area contributed by atoms with Crippen LogP contribution in [-0.2, 0) is 0 Å². The molecule has 1 saturated heterocycles. The van der Waals surface area contributed by atoms with Crippen LogP contribution in [0.1, 0.15) is 0 Å². The molecule has 1 aromatic carbocycles. The molecular formula is C19H26N3O3+. The molecule has 2 N–H and O–H groups in total. The number of nitrogens with zero attached hydrogens (tertiary/aromatic N) is 2. The lowest BCUT2D eigenvalue weighted by Gasteiger charge is -2.33. The molecule has 0 radical (unpaired) electrons. The van der Waals surface area contributed by atoms with Crippen LogP contribution >= 0.6 is 0 Å². The molecule has 1 fully saturated rings. The number of hydrogen-bond donors (Lipinski definition) is 2. The predicted molar refractivity (Wildman–Crippen MR) is 96.5 cm³/mol. The normalized spacial score (nSPS) is 16.5. The molecule has 1 aliphatic heterocycles. The summed E-state index contributed by atoms with van der Waals surface area (Å²) in [4.78, 5) is 8.10. The Kier molecular flexibility index (Phi) is 6.09. The van der Waals surface area contributed by atoms with Crippen molar-refractivity contribution in [1.82, 2.24) is 4.98 Å². The van der Waals surface area contributed by atoms with Crippen LogP contribution in [0.3, 0.4) is 0 Å². The van der Waals surface area contributed by atoms with Crippen molar-refractivity contribution in [2.75, 3.05) is 51.3 Å². The van der Waals surface area contributed by atoms with Crippen LogP contribution in [-0.4, -0.2) is 62.6 Å². The number of methoxy groups -OCH3 is 1. The number of nitrogens with one attached hydrogen (secondary N) is 1. The van der Waals surface area contributed by atoms with E-state index in [4.69, 9.17) is 9.47 Å². The number of benzene rings is 1. The van der Waals surface area contributed by atoms with Crippen LogP contribution in [0.5, 0.6) is 11.5 Å². The summed E-state index contributed by atoms with van der Waals surface area (Å²) in [6, 6.07) is 13.4. The zero-order valence-electron chi connectivity index (χ0n) is 14.6. The largest absolute Gasteiger partial charge is 0.497 e. The first-order valence-corrected chi connectivity index (χ1v) is 8.69. The molecule has 0 aliphatic carbocycles. The molecule has 1 aromatic heterocycles. The molecule has 134 valence electrons. The second-order valence-electron chi connectivity index (χ2n) is 6.27. The standard InChI is InChI=1S/C19H25N3O3/c1-24-17-5-7-18(8-6-17)25-15-16(23)14-21-10-12-22(13-11-21)19-4-2-3-9-20-19/h2-9,16,23H,10-15H2,1H3/p+1. The first kappa shape index (κ1) is 17.5. The highest BCUT2D eigenvalue weighted by Crippen LogP contribution is 2.17. The second-order valence-corrected chi connectivity index (χ2v) is 6.27. The van der Waals surface area contributed by atoms with Gasteiger partial charge in [0.25, 0.3) is 0 Å². The van der Waals surface area contributed by atoms with Gasteiger partial charge < -0.3 is 24.4 Å². The lowest BCUT2D eigenvalue weighted by atomic mass is 10.2. The minimum atomic E-state index is -0.474. The molecule has 1 aliphatic rings. The molecule has 0 spiro atoms. The Morgan fingerprint density at radius 1 is 1.12 bits per heavy atom. The molecule has 0 bridgehead atoms. The summed E-state index contributed by atoms with van der Waals surface area (Å²) in [6.45, 7) is 4.91. The highest BCUT2D eigenvalue weighted by molar-refractivity contribution is 5.37. The Morgan fingerprint density at radius 3 is 2.48 bits per heavy atom. The van der Waals surface area contributed by atoms with Gasteiger partial charge in [-0.15, -0.1) is 0 Å². The molecule has 0 amide bonds. The fraction of sp³-hybridized carbons (Fsp3) is 0.421. The van der Waals surface area contributed by atoms with Crippen molar-refractivity contribution in [1.29, 1.82) is 0 Å². The molecule has 6 nitrogen and oxygen atoms in total. The molecular weight excluding hydrogens is 318 g/mol. The predicted octanol–water partition coefficient (Wildman–Crippen LogP) is 0.235. The zero-order valence-corrected chi connectivity index (χ0v) is 14.6. The van der Waals surface area contributed by atoms with Crippen molar-refractivity contribution in [3.05, 3.63) is 48.7 Å². The van der Waals surface area contributed by atoms with Crippen LogP contribution in [0, 0.1) is 0 Å². The van der Waals surface area contributed by atoms with E-state index in [1.54, 1.807) is 7.11 Å². The van der Waals surface area contributed by atoms with Gasteiger partial charge in [0.1, 0.15) is 36.6 Å². The number of aliphatic hydroxyl groups is 1. The summed E-state index contributed by atoms with van der Waals surface area (Å²) in [5, 5.41) is 10.2. The molecule has 1 unspecified atom stereocenters. The Labute approximate surface area is 148 Å². The second kappa shape index (κ2) is 8.69. The molecule has 3 rings (SSSR count). The van der Waals surface area contributed by atoms with Crippen molar-refractivity contribution < 1.29 is 19.5 Å². The van der Waals surface area contributed by atoms with Crippen LogP contribution in [0.2, 0.25) is 0 Å². The SMILES string of the molecule is COc1ccc(OCC(O)C[NH+]2CCN(c3ccccn3)CC2)cc1. The quantitative estimate of drug-likeness (QED) is 0.753. The Hall–Kier alpha value is -2.31. The Bertz CT molecular complexity index is 628. The van der Waals surface area contributed by atoms with Crippen LogP contribution in [0.15, 0.2) is 48.7 Å². The van der Waals surface area contributed by atoms with Gasteiger partial charge in [-0.05, 0) is 36.4 Å². The maximum atomic E-state index is 10.2. The van der Waals surface area contributed by atoms with Crippen molar-refractivity contribution in [2.45, 2.75) is 6.10 Å². The minimum Gasteiger partial charge on any atom is -0.497 e. The average molecular weight is 344 g/mol. The number of hydrogen-bond acceptors (Lipinski definition) is 5. The summed E-state index contributed by atoms with van der Waals surface area (Å²) in [6.07, 6.45) is 1.35. The third-order valence-corrected chi connectivity index (χ3v) is 4.47. The fourth-order valence-corrected chi connectivity index (χ4v) is 3.05. The van der Waals surface area contributed by atoms with Crippen LogP contribution in [0.25, 0.3) is 0 Å². The first-order chi connectivity index (χ1) is 12.2. The third-order valence-electron chi connectivity index (χ3n) is 4.47. The van der Waals surface area contributed by atoms with E-state index in [-0.39, 0.29) is 0 Å². The monoisotopic (exact) mass is 344 g/mol. The number of piperazine rings is 1. The van der Waals surface area contributed by atoms with Crippen LogP contribution < -0.4 is 19.3 Å². The number of aliphatic hydroxyl groups excluding tert-OH is 1. The third kappa shape index (κ3) is 5.08. The Morgan fingerprint density at radius 2 is 1.84 bits per heavy atom. The van der Waals surface area contributed by atoms with E-state index >= 15 is 0 Å². The number of rotatable bonds is 7. The van der Waals surface area contributed by atoms with Gasteiger partial charge in [0.15, 0.2) is 0 Å². The smallest absolute Gasteiger partial charge is 0.137 e. The van der Waals surface area contributed by atoms with Gasteiger partial charge in [0.2, 0.25) is 0 Å². The van der Waals surface area contributed by atoms with E-state index in [0.717, 1.165) is 43.5 Å². The number of ether oxygens (including phenoxy) is 2. The zero-order chi connectivity index (χ0) is 17.5. The van der Waals surface area contributed by atoms with Gasteiger partial charge in [0.05, 0.1) is 33.3 Å². The summed E-state index contributed by atoms with van der Waals surface area (Å²) < 4.78 is 10.8. The van der Waals surface area contributed by atoms with Crippen molar-refractivity contribution in [2.24, 2.45) is 0 Å². The Balaban J connectivity index is 1.39. The summed E-state index contributed by atoms with van der Waals surface area (Å²) in [7, 11) is 1.63. The van der Waals surface area contributed by atoms with Gasteiger partial charge in [-0.1, -0.05) is 6.07 Å². The summed E-state index contributed by atoms with van der Waals surface area (Å²) in [5.41, 5.74) is 0. The van der Waals surface area contributed by atoms with Gasteiger partial charge >= 0.3 is 0 Å². The van der Waals surface area contributed by atoms with Crippen molar-refractivity contribution in [3.63, 3.8) is 0 Å². The van der Waals surface area contributed by atoms with Gasteiger partial charge in [-0.25, -0.2) is 4.98 Å². The number of anilines is 1. The van der Waals surface area contributed by atoms with E-state index in [2.05, 4.69) is 9.88 Å². The highest BCUT2D eigenvalue weighted by Gasteiger charge is 2.23. The maximum absolute atomic E-state index is 10.2. The van der Waals surface area contributed by atoms with Gasteiger partial charge in [-0.3, -0.25) is 0 Å². The average Bonchev–Trinajstić information content (AvgIpc) is 2.68. The first-order valence-electron chi connectivity index (χ1n) is 8.69. The number of pyridine rings is 1. The maximum Gasteiger partial charge on any atom is 0.137 e. The number of quaternary nitrogens is 1. The van der Waals surface area contributed by atoms with Crippen LogP contribution in [0.4, 0.5) is 5.82 Å². The van der Waals surface area contributed by atoms with E-state index < -0.39 is 6.10 Å². The lowest BCUT2D eigenvalue weighted by Crippen LogP contribution is -3.16. The summed E-state index contributed by atoms with van der Waals surface area (Å²) in [5.74, 6) is 2.57. The van der Waals surface area contributed by atoms with Gasteiger partial charge in [-0.2, -0.15) is 0 Å². The van der Waals surface area contributed by atoms with Gasteiger partial charge in [0, 0.05) is 6.20 Å². The molecule has 25 heavy (non-hydrogen) atoms. The number of aromatic nitrogens is 1. The topological polar surface area (TPSA) is 59.3 Å². The highest BCUT2D eigenvalue weighted by atomic mass is 16.5. The van der Waals surface area contributed by atoms with Crippen molar-refractivity contribution in [3.8, 4) is 11.5 Å². The van der Waals surface area contributed by atoms with E-state index in [1.807, 2.05) is 48.7 Å². The fourth-order valence-electron chi connectivity index (χ4n) is 3.05. The molecule has 6 heteroatoms. The van der Waals surface area contributed by atoms with E-state index in [1.165, 1.54) is 4.90 Å². The lowest BCUT2D eigenvalue weighted by molar-refractivity contribution is -0.903. The van der Waals surface area contributed by atoms with Crippen molar-refractivity contribution >= 4 is 5.82 Å². The molecule has 0 saturated carbocycles. The molecule has 2 heterocycles.